The van der Waals surface area contributed by atoms with Crippen LogP contribution in [0.25, 0.3) is 11.0 Å². The molecule has 0 unspecified atom stereocenters. The first-order valence-corrected chi connectivity index (χ1v) is 9.30. The molecule has 1 fully saturated rings. The first-order valence-electron chi connectivity index (χ1n) is 8.51. The number of fused-ring (bicyclic) bond motifs is 1. The molecule has 4 rings (SSSR count). The number of para-hydroxylation sites is 1. The zero-order valence-corrected chi connectivity index (χ0v) is 14.8. The van der Waals surface area contributed by atoms with Crippen molar-refractivity contribution in [1.29, 1.82) is 0 Å². The summed E-state index contributed by atoms with van der Waals surface area (Å²) in [6, 6.07) is 6.29. The van der Waals surface area contributed by atoms with Crippen LogP contribution in [0.4, 0.5) is 5.95 Å². The first-order chi connectivity index (χ1) is 11.3. The Bertz CT molecular complexity index is 730. The van der Waals surface area contributed by atoms with Gasteiger partial charge in [-0.25, -0.2) is 4.98 Å². The van der Waals surface area contributed by atoms with Crippen molar-refractivity contribution >= 4 is 38.9 Å². The summed E-state index contributed by atoms with van der Waals surface area (Å²) in [5, 5.41) is 6.65. The number of imidazole rings is 1. The molecule has 1 aliphatic carbocycles. The molecule has 0 bridgehead atoms. The molecule has 0 amide bonds. The maximum atomic E-state index is 4.83. The third-order valence-electron chi connectivity index (χ3n) is 4.80. The summed E-state index contributed by atoms with van der Waals surface area (Å²) >= 11 is 3.63. The van der Waals surface area contributed by atoms with Gasteiger partial charge in [-0.1, -0.05) is 25.3 Å². The fourth-order valence-electron chi connectivity index (χ4n) is 3.61. The van der Waals surface area contributed by atoms with Gasteiger partial charge in [0.15, 0.2) is 5.96 Å². The Balaban J connectivity index is 1.70. The van der Waals surface area contributed by atoms with E-state index in [1.165, 1.54) is 37.6 Å². The maximum absolute atomic E-state index is 4.83. The molecule has 1 aromatic heterocycles. The standard InChI is InChI=1S/C17H22BrN5/c18-13-7-4-8-14-15(13)21-17(22-16-19-9-10-20-16)23(14)11-12-5-2-1-3-6-12/h4,7-8,12H,1-3,5-6,9-11H2,(H2,19,20,21,22). The number of benzene rings is 1. The molecule has 6 heteroatoms. The number of guanidine groups is 1. The van der Waals surface area contributed by atoms with Gasteiger partial charge in [-0.3, -0.25) is 10.3 Å². The van der Waals surface area contributed by atoms with Gasteiger partial charge < -0.3 is 9.88 Å². The average Bonchev–Trinajstić information content (AvgIpc) is 3.19. The Morgan fingerprint density at radius 3 is 2.91 bits per heavy atom. The van der Waals surface area contributed by atoms with E-state index in [1.807, 2.05) is 0 Å². The average molecular weight is 376 g/mol. The van der Waals surface area contributed by atoms with E-state index >= 15 is 0 Å². The van der Waals surface area contributed by atoms with Crippen molar-refractivity contribution < 1.29 is 0 Å². The summed E-state index contributed by atoms with van der Waals surface area (Å²) in [4.78, 5) is 9.27. The molecule has 5 nitrogen and oxygen atoms in total. The number of aliphatic imine (C=N–C) groups is 1. The van der Waals surface area contributed by atoms with Gasteiger partial charge in [0.1, 0.15) is 5.52 Å². The minimum atomic E-state index is 0.749. The normalized spacial score (nSPS) is 18.9. The van der Waals surface area contributed by atoms with Crippen molar-refractivity contribution in [2.24, 2.45) is 10.9 Å². The Labute approximate surface area is 144 Å². The lowest BCUT2D eigenvalue weighted by Crippen LogP contribution is -2.28. The number of nitrogens with zero attached hydrogens (tertiary/aromatic N) is 3. The van der Waals surface area contributed by atoms with Gasteiger partial charge in [0.25, 0.3) is 0 Å². The third kappa shape index (κ3) is 3.09. The van der Waals surface area contributed by atoms with Crippen molar-refractivity contribution in [1.82, 2.24) is 14.9 Å². The molecule has 122 valence electrons. The molecule has 1 aliphatic heterocycles. The van der Waals surface area contributed by atoms with Gasteiger partial charge in [-0.15, -0.1) is 0 Å². The monoisotopic (exact) mass is 375 g/mol. The number of rotatable bonds is 3. The molecule has 2 aromatic rings. The summed E-state index contributed by atoms with van der Waals surface area (Å²) < 4.78 is 3.38. The second kappa shape index (κ2) is 6.51. The lowest BCUT2D eigenvalue weighted by atomic mass is 9.89. The quantitative estimate of drug-likeness (QED) is 0.858. The minimum Gasteiger partial charge on any atom is -0.354 e. The molecule has 2 N–H and O–H groups in total. The predicted octanol–water partition coefficient (Wildman–Crippen LogP) is 3.75. The summed E-state index contributed by atoms with van der Waals surface area (Å²) in [5.41, 5.74) is 2.20. The summed E-state index contributed by atoms with van der Waals surface area (Å²) in [7, 11) is 0. The van der Waals surface area contributed by atoms with E-state index in [0.717, 1.165) is 47.4 Å². The highest BCUT2D eigenvalue weighted by Crippen LogP contribution is 2.31. The smallest absolute Gasteiger partial charge is 0.210 e. The van der Waals surface area contributed by atoms with Gasteiger partial charge in [-0.05, 0) is 46.8 Å². The van der Waals surface area contributed by atoms with E-state index in [0.29, 0.717) is 0 Å². The first kappa shape index (κ1) is 15.0. The topological polar surface area (TPSA) is 54.2 Å². The van der Waals surface area contributed by atoms with Crippen molar-refractivity contribution in [3.8, 4) is 0 Å². The fraction of sp³-hybridized carbons (Fsp3) is 0.529. The zero-order valence-electron chi connectivity index (χ0n) is 13.2. The summed E-state index contributed by atoms with van der Waals surface area (Å²) in [6.07, 6.45) is 6.76. The zero-order chi connectivity index (χ0) is 15.6. The number of hydrogen-bond donors (Lipinski definition) is 2. The van der Waals surface area contributed by atoms with Crippen LogP contribution in [0.5, 0.6) is 0 Å². The van der Waals surface area contributed by atoms with E-state index in [2.05, 4.69) is 54.3 Å². The highest BCUT2D eigenvalue weighted by Gasteiger charge is 2.20. The van der Waals surface area contributed by atoms with Crippen molar-refractivity contribution in [2.45, 2.75) is 38.6 Å². The van der Waals surface area contributed by atoms with E-state index in [9.17, 15) is 0 Å². The lowest BCUT2D eigenvalue weighted by Gasteiger charge is -2.23. The summed E-state index contributed by atoms with van der Waals surface area (Å²) in [5.74, 6) is 2.48. The van der Waals surface area contributed by atoms with E-state index in [1.54, 1.807) is 0 Å². The molecule has 0 saturated heterocycles. The maximum Gasteiger partial charge on any atom is 0.210 e. The Kier molecular flexibility index (Phi) is 4.25. The number of aromatic nitrogens is 2. The lowest BCUT2D eigenvalue weighted by molar-refractivity contribution is 0.323. The number of anilines is 1. The molecule has 2 aliphatic rings. The molecule has 1 aromatic carbocycles. The van der Waals surface area contributed by atoms with Crippen LogP contribution in [-0.2, 0) is 6.54 Å². The molecule has 2 heterocycles. The molecule has 0 radical (unpaired) electrons. The van der Waals surface area contributed by atoms with Crippen LogP contribution in [0.15, 0.2) is 27.7 Å². The molecular formula is C17H22BrN5. The highest BCUT2D eigenvalue weighted by atomic mass is 79.9. The van der Waals surface area contributed by atoms with E-state index in [4.69, 9.17) is 4.98 Å². The van der Waals surface area contributed by atoms with Crippen LogP contribution in [-0.4, -0.2) is 28.6 Å². The molecule has 23 heavy (non-hydrogen) atoms. The molecule has 0 atom stereocenters. The van der Waals surface area contributed by atoms with Crippen LogP contribution >= 0.6 is 15.9 Å². The fourth-order valence-corrected chi connectivity index (χ4v) is 4.05. The van der Waals surface area contributed by atoms with Gasteiger partial charge in [-0.2, -0.15) is 0 Å². The number of nitrogens with one attached hydrogen (secondary N) is 2. The van der Waals surface area contributed by atoms with Crippen LogP contribution in [0.2, 0.25) is 0 Å². The van der Waals surface area contributed by atoms with Crippen molar-refractivity contribution in [2.75, 3.05) is 18.4 Å². The molecule has 0 spiro atoms. The van der Waals surface area contributed by atoms with Crippen LogP contribution in [0, 0.1) is 5.92 Å². The van der Waals surface area contributed by atoms with Crippen LogP contribution < -0.4 is 10.6 Å². The third-order valence-corrected chi connectivity index (χ3v) is 5.44. The predicted molar refractivity (Wildman–Crippen MR) is 97.9 cm³/mol. The SMILES string of the molecule is Brc1cccc2c1nc(NC1=NCCN1)n2CC1CCCCC1. The Morgan fingerprint density at radius 2 is 2.13 bits per heavy atom. The van der Waals surface area contributed by atoms with E-state index < -0.39 is 0 Å². The van der Waals surface area contributed by atoms with Crippen molar-refractivity contribution in [3.63, 3.8) is 0 Å². The second-order valence-corrected chi connectivity index (χ2v) is 7.29. The highest BCUT2D eigenvalue weighted by molar-refractivity contribution is 9.10. The van der Waals surface area contributed by atoms with Gasteiger partial charge in [0.05, 0.1) is 12.1 Å². The number of halogens is 1. The molecule has 1 saturated carbocycles. The minimum absolute atomic E-state index is 0.749. The van der Waals surface area contributed by atoms with Gasteiger partial charge >= 0.3 is 0 Å². The second-order valence-electron chi connectivity index (χ2n) is 6.44. The Hall–Kier alpha value is -1.56. The van der Waals surface area contributed by atoms with Gasteiger partial charge in [0, 0.05) is 17.6 Å². The van der Waals surface area contributed by atoms with Crippen LogP contribution in [0.1, 0.15) is 32.1 Å². The Morgan fingerprint density at radius 1 is 1.26 bits per heavy atom. The largest absolute Gasteiger partial charge is 0.354 e. The molecular weight excluding hydrogens is 354 g/mol. The van der Waals surface area contributed by atoms with Crippen LogP contribution in [0.3, 0.4) is 0 Å². The van der Waals surface area contributed by atoms with Gasteiger partial charge in [0.2, 0.25) is 5.95 Å². The summed E-state index contributed by atoms with van der Waals surface area (Å²) in [6.45, 7) is 2.76. The number of hydrogen-bond acceptors (Lipinski definition) is 4. The van der Waals surface area contributed by atoms with E-state index in [-0.39, 0.29) is 0 Å². The van der Waals surface area contributed by atoms with Crippen molar-refractivity contribution in [3.05, 3.63) is 22.7 Å².